The Hall–Kier alpha value is -1.65. The first-order valence-electron chi connectivity index (χ1n) is 5.01. The summed E-state index contributed by atoms with van der Waals surface area (Å²) in [6, 6.07) is 12.0. The van der Waals surface area contributed by atoms with Gasteiger partial charge in [-0.3, -0.25) is 4.79 Å². The normalized spacial score (nSPS) is 22.9. The molecule has 0 aliphatic carbocycles. The summed E-state index contributed by atoms with van der Waals surface area (Å²) in [5.74, 6) is -0.148. The first-order chi connectivity index (χ1) is 7.72. The van der Waals surface area contributed by atoms with Gasteiger partial charge in [-0.15, -0.1) is 0 Å². The molecule has 0 aromatic heterocycles. The molecule has 4 nitrogen and oxygen atoms in total. The van der Waals surface area contributed by atoms with Crippen LogP contribution in [-0.2, 0) is 9.53 Å². The van der Waals surface area contributed by atoms with Gasteiger partial charge < -0.3 is 15.8 Å². The van der Waals surface area contributed by atoms with Crippen molar-refractivity contribution in [3.63, 3.8) is 0 Å². The third-order valence-electron chi connectivity index (χ3n) is 2.11. The number of hydrogen-bond donors (Lipinski definition) is 2. The number of benzene rings is 1. The van der Waals surface area contributed by atoms with Gasteiger partial charge in [0, 0.05) is 6.54 Å². The molecule has 1 saturated heterocycles. The standard InChI is InChI=1S/C6H10N2O2.C6H6/c1-2-6(4-7)8-5(9)3-10-6;1-2-4-6-5-3-1/h2H,1,3-4,7H2,(H,8,9);1-6H. The summed E-state index contributed by atoms with van der Waals surface area (Å²) in [6.07, 6.45) is 1.50. The number of rotatable bonds is 2. The van der Waals surface area contributed by atoms with Crippen LogP contribution in [0.25, 0.3) is 0 Å². The molecule has 1 aromatic carbocycles. The molecule has 4 heteroatoms. The minimum absolute atomic E-state index is 0.0726. The molecule has 1 amide bonds. The van der Waals surface area contributed by atoms with Gasteiger partial charge in [0.1, 0.15) is 6.61 Å². The van der Waals surface area contributed by atoms with Crippen LogP contribution in [0.3, 0.4) is 0 Å². The van der Waals surface area contributed by atoms with E-state index in [1.54, 1.807) is 0 Å². The molecular formula is C12H16N2O2. The minimum Gasteiger partial charge on any atom is -0.341 e. The number of carbonyl (C=O) groups is 1. The maximum absolute atomic E-state index is 10.6. The highest BCUT2D eigenvalue weighted by Gasteiger charge is 2.34. The Bertz CT molecular complexity index is 313. The summed E-state index contributed by atoms with van der Waals surface area (Å²) in [7, 11) is 0. The maximum Gasteiger partial charge on any atom is 0.248 e. The van der Waals surface area contributed by atoms with Crippen LogP contribution in [0.1, 0.15) is 0 Å². The van der Waals surface area contributed by atoms with Crippen molar-refractivity contribution in [1.82, 2.24) is 5.32 Å². The molecule has 0 saturated carbocycles. The van der Waals surface area contributed by atoms with Crippen molar-refractivity contribution in [2.45, 2.75) is 5.72 Å². The van der Waals surface area contributed by atoms with Gasteiger partial charge in [-0.2, -0.15) is 0 Å². The number of hydrogen-bond acceptors (Lipinski definition) is 3. The van der Waals surface area contributed by atoms with Gasteiger partial charge in [0.2, 0.25) is 5.91 Å². The van der Waals surface area contributed by atoms with Crippen molar-refractivity contribution < 1.29 is 9.53 Å². The van der Waals surface area contributed by atoms with E-state index in [9.17, 15) is 4.79 Å². The minimum atomic E-state index is -0.808. The van der Waals surface area contributed by atoms with Crippen molar-refractivity contribution in [2.24, 2.45) is 5.73 Å². The fraction of sp³-hybridized carbons (Fsp3) is 0.250. The molecule has 0 radical (unpaired) electrons. The average Bonchev–Trinajstić information content (AvgIpc) is 2.75. The molecule has 16 heavy (non-hydrogen) atoms. The van der Waals surface area contributed by atoms with E-state index in [-0.39, 0.29) is 19.1 Å². The molecule has 0 spiro atoms. The van der Waals surface area contributed by atoms with Crippen LogP contribution >= 0.6 is 0 Å². The first-order valence-corrected chi connectivity index (χ1v) is 5.01. The Morgan fingerprint density at radius 1 is 1.38 bits per heavy atom. The van der Waals surface area contributed by atoms with Crippen molar-refractivity contribution in [3.8, 4) is 0 Å². The number of nitrogens with one attached hydrogen (secondary N) is 1. The van der Waals surface area contributed by atoms with E-state index in [0.717, 1.165) is 0 Å². The topological polar surface area (TPSA) is 64.3 Å². The lowest BCUT2D eigenvalue weighted by molar-refractivity contribution is -0.119. The third kappa shape index (κ3) is 3.49. The monoisotopic (exact) mass is 220 g/mol. The Morgan fingerprint density at radius 2 is 1.88 bits per heavy atom. The zero-order valence-electron chi connectivity index (χ0n) is 9.06. The molecule has 1 unspecified atom stereocenters. The second kappa shape index (κ2) is 6.05. The second-order valence-corrected chi connectivity index (χ2v) is 3.29. The predicted octanol–water partition coefficient (Wildman–Crippen LogP) is 0.660. The summed E-state index contributed by atoms with van der Waals surface area (Å²) in [4.78, 5) is 10.6. The van der Waals surface area contributed by atoms with Gasteiger partial charge >= 0.3 is 0 Å². The summed E-state index contributed by atoms with van der Waals surface area (Å²) >= 11 is 0. The molecule has 1 fully saturated rings. The van der Waals surface area contributed by atoms with Gasteiger partial charge in [0.05, 0.1) is 0 Å². The van der Waals surface area contributed by atoms with E-state index < -0.39 is 5.72 Å². The Labute approximate surface area is 95.1 Å². The SMILES string of the molecule is C=CC1(CN)NC(=O)CO1.c1ccccc1. The number of amides is 1. The van der Waals surface area contributed by atoms with Gasteiger partial charge in [0.15, 0.2) is 5.72 Å². The van der Waals surface area contributed by atoms with Crippen molar-refractivity contribution in [3.05, 3.63) is 49.1 Å². The number of ether oxygens (including phenoxy) is 1. The fourth-order valence-electron chi connectivity index (χ4n) is 1.19. The van der Waals surface area contributed by atoms with Gasteiger partial charge in [-0.05, 0) is 6.08 Å². The molecule has 86 valence electrons. The summed E-state index contributed by atoms with van der Waals surface area (Å²) in [6.45, 7) is 3.80. The van der Waals surface area contributed by atoms with Crippen molar-refractivity contribution in [2.75, 3.05) is 13.2 Å². The lowest BCUT2D eigenvalue weighted by Gasteiger charge is -2.20. The second-order valence-electron chi connectivity index (χ2n) is 3.29. The van der Waals surface area contributed by atoms with Crippen LogP contribution in [0, 0.1) is 0 Å². The highest BCUT2D eigenvalue weighted by Crippen LogP contribution is 2.11. The zero-order chi connectivity index (χ0) is 11.9. The maximum atomic E-state index is 10.6. The molecule has 1 aliphatic rings. The summed E-state index contributed by atoms with van der Waals surface area (Å²) < 4.78 is 5.05. The summed E-state index contributed by atoms with van der Waals surface area (Å²) in [5.41, 5.74) is 4.52. The quantitative estimate of drug-likeness (QED) is 0.720. The molecule has 1 aliphatic heterocycles. The number of carbonyl (C=O) groups excluding carboxylic acids is 1. The van der Waals surface area contributed by atoms with Crippen LogP contribution in [0.5, 0.6) is 0 Å². The third-order valence-corrected chi connectivity index (χ3v) is 2.11. The molecule has 0 bridgehead atoms. The smallest absolute Gasteiger partial charge is 0.248 e. The van der Waals surface area contributed by atoms with Crippen molar-refractivity contribution in [1.29, 1.82) is 0 Å². The van der Waals surface area contributed by atoms with E-state index >= 15 is 0 Å². The van der Waals surface area contributed by atoms with Crippen molar-refractivity contribution >= 4 is 5.91 Å². The van der Waals surface area contributed by atoms with Crippen LogP contribution < -0.4 is 11.1 Å². The van der Waals surface area contributed by atoms with E-state index in [4.69, 9.17) is 10.5 Å². The first kappa shape index (κ1) is 12.4. The highest BCUT2D eigenvalue weighted by molar-refractivity contribution is 5.80. The Kier molecular flexibility index (Phi) is 4.69. The fourth-order valence-corrected chi connectivity index (χ4v) is 1.19. The lowest BCUT2D eigenvalue weighted by Crippen LogP contribution is -2.47. The Balaban J connectivity index is 0.000000181. The van der Waals surface area contributed by atoms with E-state index in [0.29, 0.717) is 0 Å². The molecule has 1 atom stereocenters. The van der Waals surface area contributed by atoms with Crippen LogP contribution in [0.2, 0.25) is 0 Å². The zero-order valence-corrected chi connectivity index (χ0v) is 9.06. The molecule has 1 aromatic rings. The Morgan fingerprint density at radius 3 is 2.06 bits per heavy atom. The lowest BCUT2D eigenvalue weighted by atomic mass is 10.2. The van der Waals surface area contributed by atoms with Crippen LogP contribution in [0.4, 0.5) is 0 Å². The summed E-state index contributed by atoms with van der Waals surface area (Å²) in [5, 5.41) is 2.56. The van der Waals surface area contributed by atoms with E-state index in [1.165, 1.54) is 6.08 Å². The molecule has 2 rings (SSSR count). The van der Waals surface area contributed by atoms with Gasteiger partial charge in [-0.1, -0.05) is 43.0 Å². The molecule has 3 N–H and O–H groups in total. The highest BCUT2D eigenvalue weighted by atomic mass is 16.5. The molecule has 1 heterocycles. The van der Waals surface area contributed by atoms with Gasteiger partial charge in [-0.25, -0.2) is 0 Å². The van der Waals surface area contributed by atoms with Crippen LogP contribution in [-0.4, -0.2) is 24.8 Å². The molecular weight excluding hydrogens is 204 g/mol. The largest absolute Gasteiger partial charge is 0.341 e. The predicted molar refractivity (Wildman–Crippen MR) is 62.5 cm³/mol. The van der Waals surface area contributed by atoms with Gasteiger partial charge in [0.25, 0.3) is 0 Å². The van der Waals surface area contributed by atoms with E-state index in [2.05, 4.69) is 11.9 Å². The average molecular weight is 220 g/mol. The number of nitrogens with two attached hydrogens (primary N) is 1. The van der Waals surface area contributed by atoms with E-state index in [1.807, 2.05) is 36.4 Å². The van der Waals surface area contributed by atoms with Crippen LogP contribution in [0.15, 0.2) is 49.1 Å².